The maximum absolute atomic E-state index is 12.7. The van der Waals surface area contributed by atoms with E-state index in [-0.39, 0.29) is 28.5 Å². The Kier molecular flexibility index (Phi) is 6.26. The van der Waals surface area contributed by atoms with Crippen LogP contribution in [0.4, 0.5) is 5.69 Å². The van der Waals surface area contributed by atoms with E-state index < -0.39 is 32.6 Å². The summed E-state index contributed by atoms with van der Waals surface area (Å²) in [6.45, 7) is 0. The number of nitro groups is 1. The Labute approximate surface area is 172 Å². The summed E-state index contributed by atoms with van der Waals surface area (Å²) in [6.07, 6.45) is 1.78. The van der Waals surface area contributed by atoms with Gasteiger partial charge in [0.25, 0.3) is 17.5 Å². The van der Waals surface area contributed by atoms with Gasteiger partial charge in [-0.1, -0.05) is 30.3 Å². The Morgan fingerprint density at radius 2 is 1.73 bits per heavy atom. The van der Waals surface area contributed by atoms with Gasteiger partial charge in [0.15, 0.2) is 9.84 Å². The molecule has 0 aliphatic carbocycles. The number of carbonyl (C=O) groups is 2. The van der Waals surface area contributed by atoms with Crippen LogP contribution in [0.1, 0.15) is 22.3 Å². The molecular weight excluding hydrogens is 410 g/mol. The van der Waals surface area contributed by atoms with Crippen LogP contribution in [0.5, 0.6) is 0 Å². The minimum Gasteiger partial charge on any atom is -0.347 e. The molecule has 0 aromatic heterocycles. The summed E-state index contributed by atoms with van der Waals surface area (Å²) in [4.78, 5) is 35.5. The monoisotopic (exact) mass is 429 g/mol. The standard InChI is InChI=1S/C20H19N3O6S/c24-19(15-6-8-17(9-7-15)23(26)27)22-18(12-14-4-2-1-3-5-14)20(25)21-16-10-11-30(28,29)13-16/h1-9,12,16H,10-11,13H2,(H,21,25)(H,22,24). The number of hydrogen-bond donors (Lipinski definition) is 2. The van der Waals surface area contributed by atoms with Crippen molar-refractivity contribution in [2.45, 2.75) is 12.5 Å². The van der Waals surface area contributed by atoms with Crippen LogP contribution in [0.2, 0.25) is 0 Å². The third kappa shape index (κ3) is 5.51. The zero-order valence-electron chi connectivity index (χ0n) is 15.8. The van der Waals surface area contributed by atoms with E-state index in [0.717, 1.165) is 0 Å². The van der Waals surface area contributed by atoms with Crippen LogP contribution < -0.4 is 10.6 Å². The molecule has 156 valence electrons. The van der Waals surface area contributed by atoms with Gasteiger partial charge < -0.3 is 10.6 Å². The molecule has 0 saturated carbocycles. The Hall–Kier alpha value is -3.53. The number of benzene rings is 2. The predicted octanol–water partition coefficient (Wildman–Crippen LogP) is 1.67. The molecule has 1 fully saturated rings. The lowest BCUT2D eigenvalue weighted by Crippen LogP contribution is -2.41. The van der Waals surface area contributed by atoms with Crippen LogP contribution in [0.15, 0.2) is 60.3 Å². The van der Waals surface area contributed by atoms with Crippen LogP contribution >= 0.6 is 0 Å². The molecule has 0 radical (unpaired) electrons. The molecule has 2 aromatic carbocycles. The van der Waals surface area contributed by atoms with E-state index in [0.29, 0.717) is 12.0 Å². The lowest BCUT2D eigenvalue weighted by Gasteiger charge is -2.14. The molecule has 30 heavy (non-hydrogen) atoms. The highest BCUT2D eigenvalue weighted by Crippen LogP contribution is 2.14. The van der Waals surface area contributed by atoms with Crippen molar-refractivity contribution in [3.05, 3.63) is 81.5 Å². The fraction of sp³-hybridized carbons (Fsp3) is 0.200. The van der Waals surface area contributed by atoms with Gasteiger partial charge in [0.05, 0.1) is 16.4 Å². The average molecular weight is 429 g/mol. The number of sulfone groups is 1. The topological polar surface area (TPSA) is 135 Å². The Bertz CT molecular complexity index is 1100. The van der Waals surface area contributed by atoms with Crippen molar-refractivity contribution in [2.75, 3.05) is 11.5 Å². The van der Waals surface area contributed by atoms with Gasteiger partial charge in [-0.25, -0.2) is 8.42 Å². The largest absolute Gasteiger partial charge is 0.347 e. The second-order valence-electron chi connectivity index (χ2n) is 6.80. The third-order valence-electron chi connectivity index (χ3n) is 4.51. The smallest absolute Gasteiger partial charge is 0.269 e. The molecule has 9 nitrogen and oxygen atoms in total. The molecule has 2 amide bonds. The lowest BCUT2D eigenvalue weighted by molar-refractivity contribution is -0.384. The number of non-ortho nitro benzene ring substituents is 1. The van der Waals surface area contributed by atoms with Crippen molar-refractivity contribution in [3.63, 3.8) is 0 Å². The molecule has 3 rings (SSSR count). The number of hydrogen-bond acceptors (Lipinski definition) is 6. The molecule has 1 aliphatic heterocycles. The first-order valence-electron chi connectivity index (χ1n) is 9.07. The van der Waals surface area contributed by atoms with E-state index in [4.69, 9.17) is 0 Å². The van der Waals surface area contributed by atoms with Crippen molar-refractivity contribution < 1.29 is 22.9 Å². The van der Waals surface area contributed by atoms with Crippen LogP contribution in [0.3, 0.4) is 0 Å². The van der Waals surface area contributed by atoms with Crippen molar-refractivity contribution in [1.82, 2.24) is 10.6 Å². The van der Waals surface area contributed by atoms with Gasteiger partial charge >= 0.3 is 0 Å². The molecule has 2 N–H and O–H groups in total. The van der Waals surface area contributed by atoms with Crippen LogP contribution in [-0.2, 0) is 14.6 Å². The van der Waals surface area contributed by atoms with E-state index in [1.165, 1.54) is 30.3 Å². The molecular formula is C20H19N3O6S. The van der Waals surface area contributed by atoms with E-state index in [9.17, 15) is 28.1 Å². The summed E-state index contributed by atoms with van der Waals surface area (Å²) in [6, 6.07) is 13.2. The quantitative estimate of drug-likeness (QED) is 0.407. The summed E-state index contributed by atoms with van der Waals surface area (Å²) in [5.41, 5.74) is 0.571. The molecule has 1 heterocycles. The number of nitrogens with one attached hydrogen (secondary N) is 2. The number of nitro benzene ring substituents is 1. The zero-order chi connectivity index (χ0) is 21.7. The SMILES string of the molecule is O=C(NC1CCS(=O)(=O)C1)C(=Cc1ccccc1)NC(=O)c1ccc([N+](=O)[O-])cc1. The number of nitrogens with zero attached hydrogens (tertiary/aromatic N) is 1. The Balaban J connectivity index is 1.80. The van der Waals surface area contributed by atoms with Gasteiger partial charge in [0.1, 0.15) is 5.70 Å². The summed E-state index contributed by atoms with van der Waals surface area (Å²) in [5.74, 6) is -1.38. The maximum Gasteiger partial charge on any atom is 0.269 e. The molecule has 0 bridgehead atoms. The Morgan fingerprint density at radius 3 is 2.30 bits per heavy atom. The van der Waals surface area contributed by atoms with Crippen LogP contribution in [-0.4, -0.2) is 42.7 Å². The number of amides is 2. The number of carbonyl (C=O) groups excluding carboxylic acids is 2. The molecule has 10 heteroatoms. The normalized spacial score (nSPS) is 17.9. The first-order valence-corrected chi connectivity index (χ1v) is 10.9. The molecule has 1 atom stereocenters. The zero-order valence-corrected chi connectivity index (χ0v) is 16.6. The molecule has 1 aliphatic rings. The van der Waals surface area contributed by atoms with Gasteiger partial charge in [-0.15, -0.1) is 0 Å². The van der Waals surface area contributed by atoms with Crippen molar-refractivity contribution in [2.24, 2.45) is 0 Å². The maximum atomic E-state index is 12.7. The van der Waals surface area contributed by atoms with Gasteiger partial charge in [0, 0.05) is 23.7 Å². The third-order valence-corrected chi connectivity index (χ3v) is 6.28. The fourth-order valence-electron chi connectivity index (χ4n) is 2.98. The van der Waals surface area contributed by atoms with Crippen LogP contribution in [0, 0.1) is 10.1 Å². The molecule has 1 unspecified atom stereocenters. The van der Waals surface area contributed by atoms with Gasteiger partial charge in [0.2, 0.25) is 0 Å². The van der Waals surface area contributed by atoms with Gasteiger partial charge in [-0.3, -0.25) is 19.7 Å². The lowest BCUT2D eigenvalue weighted by atomic mass is 10.1. The highest BCUT2D eigenvalue weighted by atomic mass is 32.2. The van der Waals surface area contributed by atoms with Gasteiger partial charge in [-0.2, -0.15) is 0 Å². The van der Waals surface area contributed by atoms with Crippen molar-refractivity contribution in [1.29, 1.82) is 0 Å². The summed E-state index contributed by atoms with van der Waals surface area (Å²) in [7, 11) is -3.18. The minimum absolute atomic E-state index is 0.00480. The van der Waals surface area contributed by atoms with Crippen molar-refractivity contribution >= 4 is 33.4 Å². The molecule has 2 aromatic rings. The summed E-state index contributed by atoms with van der Waals surface area (Å²) in [5, 5.41) is 15.9. The molecule has 0 spiro atoms. The molecule has 1 saturated heterocycles. The second-order valence-corrected chi connectivity index (χ2v) is 9.03. The van der Waals surface area contributed by atoms with Crippen LogP contribution in [0.25, 0.3) is 6.08 Å². The highest BCUT2D eigenvalue weighted by Gasteiger charge is 2.30. The Morgan fingerprint density at radius 1 is 1.07 bits per heavy atom. The minimum atomic E-state index is -3.18. The first-order chi connectivity index (χ1) is 14.2. The number of rotatable bonds is 6. The van der Waals surface area contributed by atoms with E-state index in [2.05, 4.69) is 10.6 Å². The summed E-state index contributed by atoms with van der Waals surface area (Å²) >= 11 is 0. The predicted molar refractivity (Wildman–Crippen MR) is 110 cm³/mol. The summed E-state index contributed by atoms with van der Waals surface area (Å²) < 4.78 is 23.3. The van der Waals surface area contributed by atoms with E-state index in [1.54, 1.807) is 30.3 Å². The van der Waals surface area contributed by atoms with E-state index in [1.807, 2.05) is 0 Å². The highest BCUT2D eigenvalue weighted by molar-refractivity contribution is 7.91. The van der Waals surface area contributed by atoms with Crippen molar-refractivity contribution in [3.8, 4) is 0 Å². The second kappa shape index (κ2) is 8.87. The van der Waals surface area contributed by atoms with E-state index >= 15 is 0 Å². The fourth-order valence-corrected chi connectivity index (χ4v) is 4.65. The average Bonchev–Trinajstić information content (AvgIpc) is 3.06. The van der Waals surface area contributed by atoms with Gasteiger partial charge in [-0.05, 0) is 30.2 Å². The first kappa shape index (κ1) is 21.2.